The van der Waals surface area contributed by atoms with E-state index in [1.807, 2.05) is 13.8 Å². The van der Waals surface area contributed by atoms with Crippen LogP contribution >= 0.6 is 0 Å². The Morgan fingerprint density at radius 1 is 1.19 bits per heavy atom. The summed E-state index contributed by atoms with van der Waals surface area (Å²) in [6.45, 7) is 11.6. The van der Waals surface area contributed by atoms with Crippen LogP contribution in [0.4, 0.5) is 0 Å². The number of hydrogen-bond donors (Lipinski definition) is 3. The Morgan fingerprint density at radius 3 is 2.44 bits per heavy atom. The summed E-state index contributed by atoms with van der Waals surface area (Å²) < 4.78 is 4.84. The summed E-state index contributed by atoms with van der Waals surface area (Å²) in [7, 11) is 1.37. The summed E-state index contributed by atoms with van der Waals surface area (Å²) in [4.78, 5) is 27.2. The summed E-state index contributed by atoms with van der Waals surface area (Å²) >= 11 is 0. The second-order valence-electron chi connectivity index (χ2n) is 7.80. The maximum atomic E-state index is 12.4. The number of aryl methyl sites for hydroxylation is 1. The number of benzene rings is 1. The van der Waals surface area contributed by atoms with Gasteiger partial charge in [-0.25, -0.2) is 4.79 Å². The fraction of sp³-hybridized carbons (Fsp3) is 0.619. The number of quaternary nitrogens is 2. The molecule has 6 nitrogen and oxygen atoms in total. The standard InChI is InChI=1S/C21H33N3O3/c1-5-17(3)20(21(26)27-4)22-19(25)15-24-11-9-23(10-12-24)14-18-8-6-7-16(2)13-18/h6-8,13,17,20H,5,9-12,14-15H2,1-4H3,(H,22,25)/p+2/t17-,20-/m0/s1. The minimum absolute atomic E-state index is 0.0621. The van der Waals surface area contributed by atoms with Gasteiger partial charge in [-0.1, -0.05) is 50.1 Å². The molecule has 150 valence electrons. The fourth-order valence-corrected chi connectivity index (χ4v) is 3.67. The van der Waals surface area contributed by atoms with Gasteiger partial charge in [0.05, 0.1) is 7.11 Å². The highest BCUT2D eigenvalue weighted by atomic mass is 16.5. The van der Waals surface area contributed by atoms with E-state index in [1.54, 1.807) is 4.90 Å². The van der Waals surface area contributed by atoms with Crippen LogP contribution in [0.1, 0.15) is 31.4 Å². The first-order valence-electron chi connectivity index (χ1n) is 10.0. The molecule has 1 aliphatic rings. The molecule has 1 aromatic carbocycles. The van der Waals surface area contributed by atoms with E-state index in [0.717, 1.165) is 39.1 Å². The molecule has 0 aliphatic carbocycles. The molecule has 2 rings (SSSR count). The van der Waals surface area contributed by atoms with Crippen LogP contribution in [0.2, 0.25) is 0 Å². The van der Waals surface area contributed by atoms with Crippen molar-refractivity contribution in [1.82, 2.24) is 5.32 Å². The maximum absolute atomic E-state index is 12.4. The van der Waals surface area contributed by atoms with Gasteiger partial charge in [-0.3, -0.25) is 4.79 Å². The van der Waals surface area contributed by atoms with Crippen molar-refractivity contribution in [3.63, 3.8) is 0 Å². The lowest BCUT2D eigenvalue weighted by Gasteiger charge is -2.30. The number of esters is 1. The zero-order valence-electron chi connectivity index (χ0n) is 17.1. The van der Waals surface area contributed by atoms with E-state index in [4.69, 9.17) is 4.74 Å². The monoisotopic (exact) mass is 377 g/mol. The van der Waals surface area contributed by atoms with Crippen LogP contribution in [0, 0.1) is 12.8 Å². The number of hydrogen-bond acceptors (Lipinski definition) is 3. The Morgan fingerprint density at radius 2 is 1.85 bits per heavy atom. The van der Waals surface area contributed by atoms with Gasteiger partial charge in [0.15, 0.2) is 6.54 Å². The molecular formula is C21H35N3O3+2. The number of piperazine rings is 1. The Bertz CT molecular complexity index is 627. The summed E-state index contributed by atoms with van der Waals surface area (Å²) in [6, 6.07) is 8.13. The third-order valence-electron chi connectivity index (χ3n) is 5.60. The SMILES string of the molecule is CC[C@H](C)[C@H](NC(=O)C[NH+]1CC[NH+](Cc2cccc(C)c2)CC1)C(=O)OC. The van der Waals surface area contributed by atoms with Gasteiger partial charge in [-0.05, 0) is 12.8 Å². The predicted molar refractivity (Wildman–Crippen MR) is 105 cm³/mol. The second-order valence-corrected chi connectivity index (χ2v) is 7.80. The third-order valence-corrected chi connectivity index (χ3v) is 5.60. The van der Waals surface area contributed by atoms with Crippen molar-refractivity contribution in [3.8, 4) is 0 Å². The molecule has 1 fully saturated rings. The molecule has 1 heterocycles. The normalized spacial score (nSPS) is 21.9. The topological polar surface area (TPSA) is 64.3 Å². The van der Waals surface area contributed by atoms with Gasteiger partial charge in [0.25, 0.3) is 5.91 Å². The predicted octanol–water partition coefficient (Wildman–Crippen LogP) is -1.02. The van der Waals surface area contributed by atoms with E-state index >= 15 is 0 Å². The molecule has 2 atom stereocenters. The molecule has 0 bridgehead atoms. The summed E-state index contributed by atoms with van der Waals surface area (Å²) in [5, 5.41) is 2.88. The van der Waals surface area contributed by atoms with Gasteiger partial charge in [-0.2, -0.15) is 0 Å². The largest absolute Gasteiger partial charge is 0.467 e. The van der Waals surface area contributed by atoms with Crippen molar-refractivity contribution in [2.24, 2.45) is 5.92 Å². The van der Waals surface area contributed by atoms with Gasteiger partial charge in [0.1, 0.15) is 38.8 Å². The Labute approximate surface area is 162 Å². The molecular weight excluding hydrogens is 342 g/mol. The van der Waals surface area contributed by atoms with Gasteiger partial charge in [0.2, 0.25) is 0 Å². The number of carbonyl (C=O) groups is 2. The zero-order chi connectivity index (χ0) is 19.8. The lowest BCUT2D eigenvalue weighted by atomic mass is 9.99. The summed E-state index contributed by atoms with van der Waals surface area (Å²) in [6.07, 6.45) is 0.813. The van der Waals surface area contributed by atoms with E-state index in [2.05, 4.69) is 36.5 Å². The van der Waals surface area contributed by atoms with Crippen LogP contribution < -0.4 is 15.1 Å². The summed E-state index contributed by atoms with van der Waals surface area (Å²) in [5.41, 5.74) is 2.68. The lowest BCUT2D eigenvalue weighted by Crippen LogP contribution is -3.28. The number of ether oxygens (including phenoxy) is 1. The average Bonchev–Trinajstić information content (AvgIpc) is 2.66. The lowest BCUT2D eigenvalue weighted by molar-refractivity contribution is -1.02. The smallest absolute Gasteiger partial charge is 0.328 e. The molecule has 0 aromatic heterocycles. The fourth-order valence-electron chi connectivity index (χ4n) is 3.67. The minimum atomic E-state index is -0.555. The first kappa shape index (κ1) is 21.4. The molecule has 0 saturated carbocycles. The second kappa shape index (κ2) is 10.4. The number of carbonyl (C=O) groups excluding carboxylic acids is 2. The van der Waals surface area contributed by atoms with E-state index in [1.165, 1.54) is 23.1 Å². The average molecular weight is 378 g/mol. The van der Waals surface area contributed by atoms with Crippen molar-refractivity contribution in [1.29, 1.82) is 0 Å². The summed E-state index contributed by atoms with van der Waals surface area (Å²) in [5.74, 6) is -0.366. The van der Waals surface area contributed by atoms with Crippen molar-refractivity contribution in [2.75, 3.05) is 39.8 Å². The highest BCUT2D eigenvalue weighted by Crippen LogP contribution is 2.08. The molecule has 0 radical (unpaired) electrons. The van der Waals surface area contributed by atoms with Gasteiger partial charge < -0.3 is 19.9 Å². The minimum Gasteiger partial charge on any atom is -0.467 e. The van der Waals surface area contributed by atoms with Gasteiger partial charge in [-0.15, -0.1) is 0 Å². The number of rotatable bonds is 8. The van der Waals surface area contributed by atoms with Crippen LogP contribution in [0.15, 0.2) is 24.3 Å². The molecule has 27 heavy (non-hydrogen) atoms. The zero-order valence-corrected chi connectivity index (χ0v) is 17.1. The van der Waals surface area contributed by atoms with Gasteiger partial charge >= 0.3 is 5.97 Å². The number of amides is 1. The molecule has 0 unspecified atom stereocenters. The van der Waals surface area contributed by atoms with Crippen molar-refractivity contribution >= 4 is 11.9 Å². The maximum Gasteiger partial charge on any atom is 0.328 e. The van der Waals surface area contributed by atoms with Gasteiger partial charge in [0, 0.05) is 5.56 Å². The quantitative estimate of drug-likeness (QED) is 0.509. The first-order chi connectivity index (χ1) is 12.9. The van der Waals surface area contributed by atoms with Crippen molar-refractivity contribution in [3.05, 3.63) is 35.4 Å². The van der Waals surface area contributed by atoms with Crippen LogP contribution in [0.3, 0.4) is 0 Å². The highest BCUT2D eigenvalue weighted by molar-refractivity contribution is 5.85. The van der Waals surface area contributed by atoms with Crippen LogP contribution in [-0.2, 0) is 20.9 Å². The van der Waals surface area contributed by atoms with E-state index in [-0.39, 0.29) is 17.8 Å². The Hall–Kier alpha value is -1.92. The molecule has 3 N–H and O–H groups in total. The van der Waals surface area contributed by atoms with E-state index in [9.17, 15) is 9.59 Å². The number of nitrogens with one attached hydrogen (secondary N) is 3. The van der Waals surface area contributed by atoms with Crippen molar-refractivity contribution in [2.45, 2.75) is 39.8 Å². The highest BCUT2D eigenvalue weighted by Gasteiger charge is 2.30. The van der Waals surface area contributed by atoms with E-state index < -0.39 is 6.04 Å². The Kier molecular flexibility index (Phi) is 8.25. The van der Waals surface area contributed by atoms with Crippen LogP contribution in [0.25, 0.3) is 0 Å². The molecule has 1 aliphatic heterocycles. The van der Waals surface area contributed by atoms with Crippen molar-refractivity contribution < 1.29 is 24.1 Å². The molecule has 1 saturated heterocycles. The molecule has 1 aromatic rings. The molecule has 6 heteroatoms. The molecule has 0 spiro atoms. The third kappa shape index (κ3) is 6.63. The first-order valence-corrected chi connectivity index (χ1v) is 10.0. The molecule has 1 amide bonds. The van der Waals surface area contributed by atoms with Crippen LogP contribution in [0.5, 0.6) is 0 Å². The van der Waals surface area contributed by atoms with Crippen LogP contribution in [-0.4, -0.2) is 57.8 Å². The van der Waals surface area contributed by atoms with E-state index in [0.29, 0.717) is 6.54 Å². The Balaban J connectivity index is 1.78. The number of methoxy groups -OCH3 is 1.